The van der Waals surface area contributed by atoms with Gasteiger partial charge in [-0.1, -0.05) is 30.3 Å². The van der Waals surface area contributed by atoms with Crippen LogP contribution in [0.4, 0.5) is 14.5 Å². The fourth-order valence-corrected chi connectivity index (χ4v) is 2.21. The quantitative estimate of drug-likeness (QED) is 0.855. The van der Waals surface area contributed by atoms with Crippen LogP contribution in [0, 0.1) is 11.6 Å². The maximum atomic E-state index is 13.5. The van der Waals surface area contributed by atoms with E-state index in [1.165, 1.54) is 24.5 Å². The molecule has 1 saturated carbocycles. The van der Waals surface area contributed by atoms with Crippen molar-refractivity contribution in [3.8, 4) is 0 Å². The lowest BCUT2D eigenvalue weighted by Gasteiger charge is -2.09. The van der Waals surface area contributed by atoms with Crippen molar-refractivity contribution in [2.24, 2.45) is 0 Å². The Morgan fingerprint density at radius 1 is 1.05 bits per heavy atom. The highest BCUT2D eigenvalue weighted by Crippen LogP contribution is 2.40. The second-order valence-electron chi connectivity index (χ2n) is 4.97. The van der Waals surface area contributed by atoms with Gasteiger partial charge < -0.3 is 5.32 Å². The number of halogens is 2. The Hall–Kier alpha value is -1.90. The highest BCUT2D eigenvalue weighted by Gasteiger charge is 2.23. The minimum atomic E-state index is -0.822. The summed E-state index contributed by atoms with van der Waals surface area (Å²) in [5.41, 5.74) is 2.64. The van der Waals surface area contributed by atoms with E-state index < -0.39 is 11.6 Å². The van der Waals surface area contributed by atoms with Gasteiger partial charge in [0.1, 0.15) is 0 Å². The van der Waals surface area contributed by atoms with Gasteiger partial charge in [0.15, 0.2) is 11.6 Å². The number of hydrogen-bond acceptors (Lipinski definition) is 1. The standard InChI is InChI=1S/C16H15F2N/c17-14-5-2-6-15(16(14)18)19-10-11-3-1-4-13(9-11)12-7-8-12/h1-6,9,12,19H,7-8,10H2. The summed E-state index contributed by atoms with van der Waals surface area (Å²) in [6, 6.07) is 12.5. The monoisotopic (exact) mass is 259 g/mol. The van der Waals surface area contributed by atoms with E-state index in [0.717, 1.165) is 11.6 Å². The summed E-state index contributed by atoms with van der Waals surface area (Å²) in [6.07, 6.45) is 2.52. The van der Waals surface area contributed by atoms with Crippen LogP contribution in [-0.2, 0) is 6.54 Å². The molecule has 0 bridgehead atoms. The first kappa shape index (κ1) is 12.2. The van der Waals surface area contributed by atoms with Crippen LogP contribution in [0.5, 0.6) is 0 Å². The predicted molar refractivity (Wildman–Crippen MR) is 72.1 cm³/mol. The molecule has 98 valence electrons. The van der Waals surface area contributed by atoms with Gasteiger partial charge in [0.25, 0.3) is 0 Å². The molecule has 0 saturated heterocycles. The first-order valence-electron chi connectivity index (χ1n) is 6.51. The van der Waals surface area contributed by atoms with Crippen molar-refractivity contribution in [2.75, 3.05) is 5.32 Å². The third kappa shape index (κ3) is 2.75. The predicted octanol–water partition coefficient (Wildman–Crippen LogP) is 4.45. The molecule has 0 unspecified atom stereocenters. The summed E-state index contributed by atoms with van der Waals surface area (Å²) in [4.78, 5) is 0. The summed E-state index contributed by atoms with van der Waals surface area (Å²) in [7, 11) is 0. The van der Waals surface area contributed by atoms with E-state index in [0.29, 0.717) is 12.5 Å². The molecule has 1 aliphatic rings. The normalized spacial score (nSPS) is 14.4. The third-order valence-corrected chi connectivity index (χ3v) is 3.43. The summed E-state index contributed by atoms with van der Waals surface area (Å²) < 4.78 is 26.6. The highest BCUT2D eigenvalue weighted by molar-refractivity contribution is 5.45. The SMILES string of the molecule is Fc1cccc(NCc2cccc(C3CC3)c2)c1F. The number of anilines is 1. The molecular weight excluding hydrogens is 244 g/mol. The Morgan fingerprint density at radius 3 is 2.63 bits per heavy atom. The molecule has 1 aliphatic carbocycles. The first-order chi connectivity index (χ1) is 9.24. The van der Waals surface area contributed by atoms with Crippen LogP contribution in [0.1, 0.15) is 29.9 Å². The lowest BCUT2D eigenvalue weighted by Crippen LogP contribution is -2.03. The highest BCUT2D eigenvalue weighted by atomic mass is 19.2. The summed E-state index contributed by atoms with van der Waals surface area (Å²) in [5.74, 6) is -0.941. The van der Waals surface area contributed by atoms with Gasteiger partial charge in [-0.05, 0) is 42.0 Å². The number of nitrogens with one attached hydrogen (secondary N) is 1. The molecule has 3 rings (SSSR count). The summed E-state index contributed by atoms with van der Waals surface area (Å²) in [5, 5.41) is 2.94. The van der Waals surface area contributed by atoms with Crippen molar-refractivity contribution in [1.82, 2.24) is 0 Å². The van der Waals surface area contributed by atoms with Crippen molar-refractivity contribution < 1.29 is 8.78 Å². The van der Waals surface area contributed by atoms with Gasteiger partial charge in [0.2, 0.25) is 0 Å². The number of benzene rings is 2. The molecule has 1 fully saturated rings. The van der Waals surface area contributed by atoms with E-state index in [2.05, 4.69) is 17.4 Å². The fourth-order valence-electron chi connectivity index (χ4n) is 2.21. The van der Waals surface area contributed by atoms with E-state index >= 15 is 0 Å². The van der Waals surface area contributed by atoms with E-state index in [9.17, 15) is 8.78 Å². The Balaban J connectivity index is 1.71. The smallest absolute Gasteiger partial charge is 0.181 e. The van der Waals surface area contributed by atoms with Crippen LogP contribution in [0.15, 0.2) is 42.5 Å². The van der Waals surface area contributed by atoms with Crippen LogP contribution < -0.4 is 5.32 Å². The lowest BCUT2D eigenvalue weighted by molar-refractivity contribution is 0.511. The zero-order valence-electron chi connectivity index (χ0n) is 10.5. The maximum Gasteiger partial charge on any atom is 0.181 e. The molecule has 0 heterocycles. The molecule has 0 radical (unpaired) electrons. The van der Waals surface area contributed by atoms with Gasteiger partial charge in [-0.3, -0.25) is 0 Å². The molecule has 0 aliphatic heterocycles. The minimum absolute atomic E-state index is 0.205. The third-order valence-electron chi connectivity index (χ3n) is 3.43. The molecule has 0 aromatic heterocycles. The summed E-state index contributed by atoms with van der Waals surface area (Å²) in [6.45, 7) is 0.501. The van der Waals surface area contributed by atoms with Gasteiger partial charge >= 0.3 is 0 Å². The Bertz CT molecular complexity index is 591. The van der Waals surface area contributed by atoms with E-state index in [1.807, 2.05) is 12.1 Å². The minimum Gasteiger partial charge on any atom is -0.379 e. The van der Waals surface area contributed by atoms with Gasteiger partial charge in [-0.2, -0.15) is 0 Å². The van der Waals surface area contributed by atoms with Gasteiger partial charge in [-0.25, -0.2) is 8.78 Å². The molecule has 2 aromatic carbocycles. The van der Waals surface area contributed by atoms with Crippen LogP contribution >= 0.6 is 0 Å². The molecule has 1 N–H and O–H groups in total. The zero-order valence-corrected chi connectivity index (χ0v) is 10.5. The number of rotatable bonds is 4. The van der Waals surface area contributed by atoms with Crippen molar-refractivity contribution in [3.05, 3.63) is 65.2 Å². The molecule has 2 aromatic rings. The second-order valence-corrected chi connectivity index (χ2v) is 4.97. The fraction of sp³-hybridized carbons (Fsp3) is 0.250. The van der Waals surface area contributed by atoms with Crippen LogP contribution in [-0.4, -0.2) is 0 Å². The zero-order chi connectivity index (χ0) is 13.2. The maximum absolute atomic E-state index is 13.5. The van der Waals surface area contributed by atoms with Crippen LogP contribution in [0.3, 0.4) is 0 Å². The van der Waals surface area contributed by atoms with Gasteiger partial charge in [0.05, 0.1) is 5.69 Å². The lowest BCUT2D eigenvalue weighted by atomic mass is 10.1. The average Bonchev–Trinajstić information content (AvgIpc) is 3.25. The largest absolute Gasteiger partial charge is 0.379 e. The molecule has 19 heavy (non-hydrogen) atoms. The average molecular weight is 259 g/mol. The Morgan fingerprint density at radius 2 is 1.84 bits per heavy atom. The number of hydrogen-bond donors (Lipinski definition) is 1. The molecule has 0 spiro atoms. The summed E-state index contributed by atoms with van der Waals surface area (Å²) >= 11 is 0. The van der Waals surface area contributed by atoms with E-state index in [-0.39, 0.29) is 5.69 Å². The van der Waals surface area contributed by atoms with E-state index in [1.54, 1.807) is 6.07 Å². The van der Waals surface area contributed by atoms with Crippen LogP contribution in [0.25, 0.3) is 0 Å². The molecule has 3 heteroatoms. The van der Waals surface area contributed by atoms with Crippen molar-refractivity contribution in [1.29, 1.82) is 0 Å². The van der Waals surface area contributed by atoms with Gasteiger partial charge in [0, 0.05) is 6.54 Å². The van der Waals surface area contributed by atoms with Crippen molar-refractivity contribution >= 4 is 5.69 Å². The molecule has 0 atom stereocenters. The first-order valence-corrected chi connectivity index (χ1v) is 6.51. The molecular formula is C16H15F2N. The Kier molecular flexibility index (Phi) is 3.20. The topological polar surface area (TPSA) is 12.0 Å². The van der Waals surface area contributed by atoms with Crippen molar-refractivity contribution in [2.45, 2.75) is 25.3 Å². The molecule has 1 nitrogen and oxygen atoms in total. The van der Waals surface area contributed by atoms with Crippen LogP contribution in [0.2, 0.25) is 0 Å². The van der Waals surface area contributed by atoms with Gasteiger partial charge in [-0.15, -0.1) is 0 Å². The molecule has 0 amide bonds. The second kappa shape index (κ2) is 5.00. The van der Waals surface area contributed by atoms with E-state index in [4.69, 9.17) is 0 Å². The Labute approximate surface area is 111 Å². The van der Waals surface area contributed by atoms with Crippen molar-refractivity contribution in [3.63, 3.8) is 0 Å².